The van der Waals surface area contributed by atoms with E-state index in [0.717, 1.165) is 23.5 Å². The normalized spacial score (nSPS) is 10.5. The van der Waals surface area contributed by atoms with Crippen LogP contribution in [0.25, 0.3) is 0 Å². The molecule has 2 aromatic heterocycles. The maximum atomic E-state index is 11.8. The highest BCUT2D eigenvalue weighted by atomic mass is 32.1. The van der Waals surface area contributed by atoms with E-state index in [-0.39, 0.29) is 16.0 Å². The van der Waals surface area contributed by atoms with E-state index in [1.807, 2.05) is 6.92 Å². The van der Waals surface area contributed by atoms with Gasteiger partial charge in [-0.1, -0.05) is 18.3 Å². The second-order valence-electron chi connectivity index (χ2n) is 3.42. The fourth-order valence-corrected chi connectivity index (χ4v) is 1.91. The minimum atomic E-state index is -0.318. The summed E-state index contributed by atoms with van der Waals surface area (Å²) in [5.41, 5.74) is 6.94. The number of nitrogens with zero attached hydrogens (tertiary/aromatic N) is 4. The Balaban J connectivity index is 2.18. The molecule has 0 saturated carbocycles. The molecule has 0 aliphatic rings. The van der Waals surface area contributed by atoms with Gasteiger partial charge in [0, 0.05) is 13.2 Å². The molecule has 0 aliphatic heterocycles. The number of hydrogen-bond donors (Lipinski definition) is 2. The summed E-state index contributed by atoms with van der Waals surface area (Å²) in [6, 6.07) is 0. The van der Waals surface area contributed by atoms with Gasteiger partial charge in [-0.25, -0.2) is 0 Å². The minimum Gasteiger partial charge on any atom is -0.374 e. The highest BCUT2D eigenvalue weighted by Crippen LogP contribution is 2.17. The number of carbonyl (C=O) groups excluding carboxylic acids is 1. The standard InChI is InChI=1S/C9H12N6OS/c1-3-5-6(4-15(2)14-5)11-7(16)8-12-13-9(10)17-8/h4H,3H2,1-2H3,(H2,10,13)(H,11,16). The molecule has 1 amide bonds. The molecule has 0 fully saturated rings. The molecule has 2 heterocycles. The predicted octanol–water partition coefficient (Wildman–Crippen LogP) is 0.668. The first-order valence-corrected chi connectivity index (χ1v) is 5.84. The molecule has 0 aromatic carbocycles. The highest BCUT2D eigenvalue weighted by Gasteiger charge is 2.14. The number of carbonyl (C=O) groups is 1. The zero-order chi connectivity index (χ0) is 12.4. The fourth-order valence-electron chi connectivity index (χ4n) is 1.40. The first-order valence-electron chi connectivity index (χ1n) is 5.03. The predicted molar refractivity (Wildman–Crippen MR) is 64.9 cm³/mol. The topological polar surface area (TPSA) is 98.7 Å². The van der Waals surface area contributed by atoms with Crippen LogP contribution in [0.15, 0.2) is 6.20 Å². The average molecular weight is 252 g/mol. The molecule has 8 heteroatoms. The van der Waals surface area contributed by atoms with Gasteiger partial charge in [0.1, 0.15) is 0 Å². The lowest BCUT2D eigenvalue weighted by Gasteiger charge is -2.00. The smallest absolute Gasteiger partial charge is 0.286 e. The van der Waals surface area contributed by atoms with Crippen LogP contribution >= 0.6 is 11.3 Å². The fraction of sp³-hybridized carbons (Fsp3) is 0.333. The maximum Gasteiger partial charge on any atom is 0.286 e. The summed E-state index contributed by atoms with van der Waals surface area (Å²) in [6.45, 7) is 1.97. The third-order valence-corrected chi connectivity index (χ3v) is 2.87. The molecule has 0 aliphatic carbocycles. The Morgan fingerprint density at radius 3 is 2.94 bits per heavy atom. The third-order valence-electron chi connectivity index (χ3n) is 2.12. The minimum absolute atomic E-state index is 0.244. The Morgan fingerprint density at radius 1 is 1.59 bits per heavy atom. The van der Waals surface area contributed by atoms with Gasteiger partial charge in [0.15, 0.2) is 0 Å². The second kappa shape index (κ2) is 4.50. The van der Waals surface area contributed by atoms with Crippen molar-refractivity contribution in [3.8, 4) is 0 Å². The van der Waals surface area contributed by atoms with Crippen molar-refractivity contribution < 1.29 is 4.79 Å². The Hall–Kier alpha value is -1.96. The maximum absolute atomic E-state index is 11.8. The molecular formula is C9H12N6OS. The molecule has 0 atom stereocenters. The Kier molecular flexibility index (Phi) is 3.05. The molecule has 0 saturated heterocycles. The number of rotatable bonds is 3. The summed E-state index contributed by atoms with van der Waals surface area (Å²) in [5, 5.41) is 14.8. The van der Waals surface area contributed by atoms with E-state index in [9.17, 15) is 4.79 Å². The van der Waals surface area contributed by atoms with Crippen LogP contribution < -0.4 is 11.1 Å². The number of aryl methyl sites for hydroxylation is 2. The van der Waals surface area contributed by atoms with Gasteiger partial charge in [-0.05, 0) is 6.42 Å². The number of anilines is 2. The van der Waals surface area contributed by atoms with Crippen molar-refractivity contribution >= 4 is 28.1 Å². The van der Waals surface area contributed by atoms with E-state index in [1.165, 1.54) is 0 Å². The second-order valence-corrected chi connectivity index (χ2v) is 4.43. The van der Waals surface area contributed by atoms with Crippen LogP contribution in [0.2, 0.25) is 0 Å². The number of nitrogens with one attached hydrogen (secondary N) is 1. The Morgan fingerprint density at radius 2 is 2.35 bits per heavy atom. The average Bonchev–Trinajstić information content (AvgIpc) is 2.85. The molecule has 17 heavy (non-hydrogen) atoms. The number of nitrogens with two attached hydrogens (primary N) is 1. The lowest BCUT2D eigenvalue weighted by molar-refractivity contribution is 0.102. The highest BCUT2D eigenvalue weighted by molar-refractivity contribution is 7.16. The first-order chi connectivity index (χ1) is 8.10. The van der Waals surface area contributed by atoms with Crippen LogP contribution in [0.1, 0.15) is 22.4 Å². The van der Waals surface area contributed by atoms with Crippen molar-refractivity contribution in [2.24, 2.45) is 7.05 Å². The molecule has 0 radical (unpaired) electrons. The molecule has 0 unspecified atom stereocenters. The molecular weight excluding hydrogens is 240 g/mol. The van der Waals surface area contributed by atoms with Crippen LogP contribution in [0, 0.1) is 0 Å². The molecule has 3 N–H and O–H groups in total. The quantitative estimate of drug-likeness (QED) is 0.836. The van der Waals surface area contributed by atoms with Crippen LogP contribution in [0.5, 0.6) is 0 Å². The zero-order valence-corrected chi connectivity index (χ0v) is 10.3. The van der Waals surface area contributed by atoms with Crippen molar-refractivity contribution in [3.05, 3.63) is 16.9 Å². The van der Waals surface area contributed by atoms with E-state index >= 15 is 0 Å². The van der Waals surface area contributed by atoms with E-state index < -0.39 is 0 Å². The van der Waals surface area contributed by atoms with E-state index in [0.29, 0.717) is 5.69 Å². The third kappa shape index (κ3) is 2.41. The lowest BCUT2D eigenvalue weighted by Crippen LogP contribution is -2.12. The molecule has 0 spiro atoms. The summed E-state index contributed by atoms with van der Waals surface area (Å²) in [6.07, 6.45) is 2.50. The van der Waals surface area contributed by atoms with Crippen molar-refractivity contribution in [2.45, 2.75) is 13.3 Å². The Labute approximate surface area is 102 Å². The van der Waals surface area contributed by atoms with Gasteiger partial charge in [0.05, 0.1) is 11.4 Å². The monoisotopic (exact) mass is 252 g/mol. The van der Waals surface area contributed by atoms with E-state index in [2.05, 4.69) is 20.6 Å². The Bertz CT molecular complexity index is 545. The zero-order valence-electron chi connectivity index (χ0n) is 9.47. The lowest BCUT2D eigenvalue weighted by atomic mass is 10.3. The van der Waals surface area contributed by atoms with E-state index in [4.69, 9.17) is 5.73 Å². The van der Waals surface area contributed by atoms with Crippen LogP contribution in [0.4, 0.5) is 10.8 Å². The van der Waals surface area contributed by atoms with Gasteiger partial charge in [-0.15, -0.1) is 10.2 Å². The molecule has 7 nitrogen and oxygen atoms in total. The van der Waals surface area contributed by atoms with Crippen molar-refractivity contribution in [2.75, 3.05) is 11.1 Å². The van der Waals surface area contributed by atoms with Gasteiger partial charge in [-0.2, -0.15) is 5.10 Å². The number of hydrogen-bond acceptors (Lipinski definition) is 6. The summed E-state index contributed by atoms with van der Waals surface area (Å²) in [7, 11) is 1.80. The SMILES string of the molecule is CCc1nn(C)cc1NC(=O)c1nnc(N)s1. The molecule has 2 aromatic rings. The van der Waals surface area contributed by atoms with Gasteiger partial charge in [-0.3, -0.25) is 9.48 Å². The molecule has 90 valence electrons. The van der Waals surface area contributed by atoms with E-state index in [1.54, 1.807) is 17.9 Å². The molecule has 0 bridgehead atoms. The number of amides is 1. The van der Waals surface area contributed by atoms with Crippen LogP contribution in [-0.2, 0) is 13.5 Å². The van der Waals surface area contributed by atoms with Gasteiger partial charge < -0.3 is 11.1 Å². The first kappa shape index (κ1) is 11.5. The van der Waals surface area contributed by atoms with Gasteiger partial charge in [0.2, 0.25) is 10.1 Å². The van der Waals surface area contributed by atoms with Gasteiger partial charge in [0.25, 0.3) is 5.91 Å². The number of aromatic nitrogens is 4. The summed E-state index contributed by atoms with van der Waals surface area (Å²) in [4.78, 5) is 11.8. The van der Waals surface area contributed by atoms with Crippen molar-refractivity contribution in [3.63, 3.8) is 0 Å². The van der Waals surface area contributed by atoms with Crippen LogP contribution in [0.3, 0.4) is 0 Å². The number of nitrogen functional groups attached to an aromatic ring is 1. The van der Waals surface area contributed by atoms with Crippen molar-refractivity contribution in [1.29, 1.82) is 0 Å². The summed E-state index contributed by atoms with van der Waals surface area (Å²) in [5.74, 6) is -0.318. The van der Waals surface area contributed by atoms with Crippen LogP contribution in [-0.4, -0.2) is 25.9 Å². The summed E-state index contributed by atoms with van der Waals surface area (Å²) >= 11 is 1.05. The largest absolute Gasteiger partial charge is 0.374 e. The van der Waals surface area contributed by atoms with Gasteiger partial charge >= 0.3 is 0 Å². The summed E-state index contributed by atoms with van der Waals surface area (Å²) < 4.78 is 1.66. The van der Waals surface area contributed by atoms with Crippen molar-refractivity contribution in [1.82, 2.24) is 20.0 Å². The molecule has 2 rings (SSSR count).